The van der Waals surface area contributed by atoms with E-state index in [1.165, 1.54) is 16.8 Å². The second-order valence-electron chi connectivity index (χ2n) is 7.04. The Balaban J connectivity index is 2.17. The minimum absolute atomic E-state index is 0.402. The van der Waals surface area contributed by atoms with E-state index in [1.807, 2.05) is 36.7 Å². The SMILES string of the molecule is CC(C)c1cccc(C(C)C)c1-n1ccnc1-c1cccc(OP(Cl)Cl)c1. The molecule has 6 heteroatoms. The quantitative estimate of drug-likeness (QED) is 0.379. The molecule has 0 amide bonds. The molecule has 0 atom stereocenters. The van der Waals surface area contributed by atoms with E-state index in [1.54, 1.807) is 0 Å². The van der Waals surface area contributed by atoms with E-state index in [-0.39, 0.29) is 0 Å². The van der Waals surface area contributed by atoms with E-state index in [2.05, 4.69) is 55.4 Å². The summed E-state index contributed by atoms with van der Waals surface area (Å²) in [5.41, 5.74) is 4.77. The molecule has 2 aromatic carbocycles. The molecule has 142 valence electrons. The maximum atomic E-state index is 5.82. The molecule has 1 aromatic heterocycles. The molecule has 0 aliphatic rings. The zero-order valence-electron chi connectivity index (χ0n) is 15.9. The standard InChI is InChI=1S/C21H23Cl2N2OP/c1-14(2)18-9-6-10-19(15(3)4)20(18)25-12-11-24-21(25)16-7-5-8-17(13-16)26-27(22)23/h5-15H,1-4H3. The highest BCUT2D eigenvalue weighted by Crippen LogP contribution is 2.48. The van der Waals surface area contributed by atoms with Gasteiger partial charge in [-0.3, -0.25) is 4.57 Å². The fraction of sp³-hybridized carbons (Fsp3) is 0.286. The van der Waals surface area contributed by atoms with Crippen LogP contribution in [0.5, 0.6) is 5.75 Å². The van der Waals surface area contributed by atoms with Crippen LogP contribution in [0.3, 0.4) is 0 Å². The number of aromatic nitrogens is 2. The Morgan fingerprint density at radius 1 is 0.963 bits per heavy atom. The van der Waals surface area contributed by atoms with Gasteiger partial charge in [-0.15, -0.1) is 0 Å². The highest BCUT2D eigenvalue weighted by molar-refractivity contribution is 8.00. The Hall–Kier alpha value is -1.54. The van der Waals surface area contributed by atoms with Crippen LogP contribution in [0.1, 0.15) is 50.7 Å². The first-order valence-electron chi connectivity index (χ1n) is 8.95. The van der Waals surface area contributed by atoms with Crippen LogP contribution in [0, 0.1) is 0 Å². The van der Waals surface area contributed by atoms with Crippen molar-refractivity contribution in [3.63, 3.8) is 0 Å². The number of imidazole rings is 1. The van der Waals surface area contributed by atoms with Gasteiger partial charge in [-0.25, -0.2) is 4.98 Å². The van der Waals surface area contributed by atoms with E-state index in [9.17, 15) is 0 Å². The minimum Gasteiger partial charge on any atom is -0.445 e. The van der Waals surface area contributed by atoms with Crippen molar-refractivity contribution in [1.29, 1.82) is 0 Å². The lowest BCUT2D eigenvalue weighted by molar-refractivity contribution is 0.638. The normalized spacial score (nSPS) is 11.6. The maximum Gasteiger partial charge on any atom is 0.284 e. The highest BCUT2D eigenvalue weighted by atomic mass is 35.9. The molecule has 0 N–H and O–H groups in total. The van der Waals surface area contributed by atoms with Crippen LogP contribution in [0.4, 0.5) is 0 Å². The van der Waals surface area contributed by atoms with Crippen LogP contribution >= 0.6 is 29.3 Å². The molecule has 0 saturated carbocycles. The number of rotatable bonds is 6. The second kappa shape index (κ2) is 8.65. The van der Waals surface area contributed by atoms with Gasteiger partial charge < -0.3 is 4.52 Å². The van der Waals surface area contributed by atoms with Crippen molar-refractivity contribution in [3.8, 4) is 22.8 Å². The van der Waals surface area contributed by atoms with Crippen molar-refractivity contribution in [2.45, 2.75) is 39.5 Å². The third-order valence-corrected chi connectivity index (χ3v) is 5.25. The average Bonchev–Trinajstić information content (AvgIpc) is 3.10. The minimum atomic E-state index is -1.51. The lowest BCUT2D eigenvalue weighted by Crippen LogP contribution is -2.07. The monoisotopic (exact) mass is 420 g/mol. The van der Waals surface area contributed by atoms with Crippen molar-refractivity contribution in [2.75, 3.05) is 0 Å². The van der Waals surface area contributed by atoms with Gasteiger partial charge in [-0.1, -0.05) is 58.0 Å². The molecular weight excluding hydrogens is 398 g/mol. The van der Waals surface area contributed by atoms with Crippen molar-refractivity contribution in [3.05, 3.63) is 66.0 Å². The maximum absolute atomic E-state index is 5.82. The molecule has 1 heterocycles. The number of para-hydroxylation sites is 1. The van der Waals surface area contributed by atoms with Crippen LogP contribution in [0.15, 0.2) is 54.9 Å². The van der Waals surface area contributed by atoms with Crippen LogP contribution in [0.25, 0.3) is 17.1 Å². The van der Waals surface area contributed by atoms with E-state index in [4.69, 9.17) is 27.0 Å². The van der Waals surface area contributed by atoms with Crippen LogP contribution in [-0.4, -0.2) is 9.55 Å². The molecular formula is C21H23Cl2N2OP. The third kappa shape index (κ3) is 4.48. The Morgan fingerprint density at radius 3 is 2.19 bits per heavy atom. The third-order valence-electron chi connectivity index (χ3n) is 4.49. The molecule has 0 aliphatic carbocycles. The van der Waals surface area contributed by atoms with E-state index < -0.39 is 6.85 Å². The molecule has 0 fully saturated rings. The summed E-state index contributed by atoms with van der Waals surface area (Å²) in [7, 11) is 0. The molecule has 27 heavy (non-hydrogen) atoms. The van der Waals surface area contributed by atoms with Gasteiger partial charge in [0.2, 0.25) is 0 Å². The Kier molecular flexibility index (Phi) is 6.47. The van der Waals surface area contributed by atoms with Gasteiger partial charge in [0.1, 0.15) is 11.6 Å². The predicted octanol–water partition coefficient (Wildman–Crippen LogP) is 7.87. The summed E-state index contributed by atoms with van der Waals surface area (Å²) in [6.45, 7) is 7.37. The second-order valence-corrected chi connectivity index (χ2v) is 9.98. The summed E-state index contributed by atoms with van der Waals surface area (Å²) in [6, 6.07) is 14.2. The fourth-order valence-electron chi connectivity index (χ4n) is 3.26. The molecule has 3 rings (SSSR count). The van der Waals surface area contributed by atoms with E-state index in [0.717, 1.165) is 11.4 Å². The zero-order chi connectivity index (χ0) is 19.6. The highest BCUT2D eigenvalue weighted by Gasteiger charge is 2.18. The van der Waals surface area contributed by atoms with Gasteiger partial charge in [0, 0.05) is 18.0 Å². The summed E-state index contributed by atoms with van der Waals surface area (Å²) in [5, 5.41) is 0. The lowest BCUT2D eigenvalue weighted by atomic mass is 9.92. The molecule has 0 aliphatic heterocycles. The first kappa shape index (κ1) is 20.2. The van der Waals surface area contributed by atoms with Crippen molar-refractivity contribution >= 4 is 29.3 Å². The number of nitrogens with zero attached hydrogens (tertiary/aromatic N) is 2. The van der Waals surface area contributed by atoms with Gasteiger partial charge in [0.05, 0.1) is 5.69 Å². The smallest absolute Gasteiger partial charge is 0.284 e. The summed E-state index contributed by atoms with van der Waals surface area (Å²) < 4.78 is 7.66. The summed E-state index contributed by atoms with van der Waals surface area (Å²) in [4.78, 5) is 4.63. The Bertz CT molecular complexity index is 896. The summed E-state index contributed by atoms with van der Waals surface area (Å²) in [5.74, 6) is 2.31. The zero-order valence-corrected chi connectivity index (χ0v) is 18.3. The van der Waals surface area contributed by atoms with Crippen LogP contribution in [0.2, 0.25) is 0 Å². The number of hydrogen-bond donors (Lipinski definition) is 0. The van der Waals surface area contributed by atoms with Gasteiger partial charge in [0.25, 0.3) is 6.85 Å². The molecule has 0 bridgehead atoms. The van der Waals surface area contributed by atoms with Crippen molar-refractivity contribution in [2.24, 2.45) is 0 Å². The molecule has 3 nitrogen and oxygen atoms in total. The first-order chi connectivity index (χ1) is 12.9. The number of benzene rings is 2. The van der Waals surface area contributed by atoms with Crippen LogP contribution in [-0.2, 0) is 0 Å². The first-order valence-corrected chi connectivity index (χ1v) is 12.0. The number of hydrogen-bond acceptors (Lipinski definition) is 2. The van der Waals surface area contributed by atoms with Crippen LogP contribution < -0.4 is 4.52 Å². The fourth-order valence-corrected chi connectivity index (χ4v) is 4.01. The number of halogens is 2. The van der Waals surface area contributed by atoms with Gasteiger partial charge in [-0.05, 0) is 57.6 Å². The lowest BCUT2D eigenvalue weighted by Gasteiger charge is -2.22. The predicted molar refractivity (Wildman–Crippen MR) is 116 cm³/mol. The Morgan fingerprint density at radius 2 is 1.59 bits per heavy atom. The van der Waals surface area contributed by atoms with Crippen molar-refractivity contribution in [1.82, 2.24) is 9.55 Å². The molecule has 0 radical (unpaired) electrons. The molecule has 0 unspecified atom stereocenters. The average molecular weight is 421 g/mol. The molecule has 0 saturated heterocycles. The van der Waals surface area contributed by atoms with Gasteiger partial charge >= 0.3 is 0 Å². The topological polar surface area (TPSA) is 27.1 Å². The Labute approximate surface area is 171 Å². The summed E-state index contributed by atoms with van der Waals surface area (Å²) >= 11 is 11.6. The van der Waals surface area contributed by atoms with Gasteiger partial charge in [0.15, 0.2) is 0 Å². The van der Waals surface area contributed by atoms with E-state index >= 15 is 0 Å². The largest absolute Gasteiger partial charge is 0.445 e. The molecule has 0 spiro atoms. The summed E-state index contributed by atoms with van der Waals surface area (Å²) in [6.07, 6.45) is 3.85. The van der Waals surface area contributed by atoms with Crippen molar-refractivity contribution < 1.29 is 4.52 Å². The van der Waals surface area contributed by atoms with Gasteiger partial charge in [-0.2, -0.15) is 0 Å². The van der Waals surface area contributed by atoms with E-state index in [0.29, 0.717) is 17.6 Å². The molecule has 3 aromatic rings.